The molecule has 0 aliphatic rings. The van der Waals surface area contributed by atoms with Crippen LogP contribution in [-0.2, 0) is 11.8 Å². The highest BCUT2D eigenvalue weighted by Crippen LogP contribution is 2.36. The molecule has 1 aromatic heterocycles. The monoisotopic (exact) mass is 303 g/mol. The topological polar surface area (TPSA) is 72.6 Å². The van der Waals surface area contributed by atoms with Gasteiger partial charge in [0.2, 0.25) is 5.76 Å². The lowest BCUT2D eigenvalue weighted by Crippen LogP contribution is -2.11. The minimum atomic E-state index is -1.11. The van der Waals surface area contributed by atoms with Crippen molar-refractivity contribution < 1.29 is 19.2 Å². The smallest absolute Gasteiger partial charge is 0.375 e. The number of nitrogens with zero attached hydrogens (tertiary/aromatic N) is 1. The van der Waals surface area contributed by atoms with E-state index in [-0.39, 0.29) is 11.2 Å². The van der Waals surface area contributed by atoms with E-state index in [9.17, 15) is 9.90 Å². The molecule has 2 rings (SSSR count). The molecule has 0 bridgehead atoms. The number of rotatable bonds is 4. The Morgan fingerprint density at radius 3 is 2.55 bits per heavy atom. The van der Waals surface area contributed by atoms with Gasteiger partial charge in [-0.3, -0.25) is 0 Å². The number of carbonyl (C=O) groups is 1. The first-order valence-corrected chi connectivity index (χ1v) is 7.20. The molecule has 5 nitrogen and oxygen atoms in total. The summed E-state index contributed by atoms with van der Waals surface area (Å²) in [5.41, 5.74) is 2.94. The Kier molecular flexibility index (Phi) is 4.26. The third-order valence-electron chi connectivity index (χ3n) is 3.66. The summed E-state index contributed by atoms with van der Waals surface area (Å²) >= 11 is 0. The van der Waals surface area contributed by atoms with Gasteiger partial charge < -0.3 is 14.4 Å². The van der Waals surface area contributed by atoms with Crippen molar-refractivity contribution in [3.8, 4) is 17.0 Å². The molecule has 0 saturated heterocycles. The summed E-state index contributed by atoms with van der Waals surface area (Å²) in [4.78, 5) is 11.2. The van der Waals surface area contributed by atoms with E-state index in [4.69, 9.17) is 9.26 Å². The van der Waals surface area contributed by atoms with E-state index in [1.807, 2.05) is 25.1 Å². The van der Waals surface area contributed by atoms with Crippen LogP contribution in [-0.4, -0.2) is 23.3 Å². The number of aromatic nitrogens is 1. The van der Waals surface area contributed by atoms with Crippen molar-refractivity contribution in [2.24, 2.45) is 0 Å². The van der Waals surface area contributed by atoms with Crippen LogP contribution in [0.15, 0.2) is 22.7 Å². The van der Waals surface area contributed by atoms with Gasteiger partial charge in [-0.05, 0) is 29.5 Å². The zero-order valence-electron chi connectivity index (χ0n) is 13.6. The first-order chi connectivity index (χ1) is 10.3. The largest absolute Gasteiger partial charge is 0.496 e. The first-order valence-electron chi connectivity index (χ1n) is 7.20. The molecule has 118 valence electrons. The van der Waals surface area contributed by atoms with E-state index in [1.54, 1.807) is 7.11 Å². The summed E-state index contributed by atoms with van der Waals surface area (Å²) in [6, 6.07) is 5.87. The van der Waals surface area contributed by atoms with Gasteiger partial charge in [0.25, 0.3) is 0 Å². The van der Waals surface area contributed by atoms with E-state index in [1.165, 1.54) is 0 Å². The van der Waals surface area contributed by atoms with Crippen LogP contribution in [0.25, 0.3) is 11.3 Å². The number of benzene rings is 1. The van der Waals surface area contributed by atoms with Crippen molar-refractivity contribution in [1.82, 2.24) is 5.16 Å². The van der Waals surface area contributed by atoms with Gasteiger partial charge >= 0.3 is 5.97 Å². The molecule has 2 aromatic rings. The van der Waals surface area contributed by atoms with E-state index in [2.05, 4.69) is 25.9 Å². The highest BCUT2D eigenvalue weighted by atomic mass is 16.5. The Bertz CT molecular complexity index is 695. The minimum Gasteiger partial charge on any atom is -0.496 e. The number of aromatic carboxylic acids is 1. The molecule has 0 aliphatic carbocycles. The second-order valence-corrected chi connectivity index (χ2v) is 6.16. The van der Waals surface area contributed by atoms with Gasteiger partial charge in [-0.15, -0.1) is 0 Å². The third-order valence-corrected chi connectivity index (χ3v) is 3.66. The zero-order valence-corrected chi connectivity index (χ0v) is 13.6. The molecule has 22 heavy (non-hydrogen) atoms. The molecule has 1 N–H and O–H groups in total. The van der Waals surface area contributed by atoms with Gasteiger partial charge in [-0.1, -0.05) is 38.9 Å². The highest BCUT2D eigenvalue weighted by molar-refractivity contribution is 5.89. The molecule has 0 saturated carbocycles. The fourth-order valence-corrected chi connectivity index (χ4v) is 2.38. The zero-order chi connectivity index (χ0) is 16.5. The number of ether oxygens (including phenoxy) is 1. The molecule has 0 atom stereocenters. The number of hydrogen-bond acceptors (Lipinski definition) is 4. The lowest BCUT2D eigenvalue weighted by Gasteiger charge is -2.20. The Morgan fingerprint density at radius 1 is 1.36 bits per heavy atom. The van der Waals surface area contributed by atoms with E-state index in [0.717, 1.165) is 11.1 Å². The summed E-state index contributed by atoms with van der Waals surface area (Å²) in [5.74, 6) is -0.574. The second-order valence-electron chi connectivity index (χ2n) is 6.16. The van der Waals surface area contributed by atoms with Gasteiger partial charge in [0, 0.05) is 11.1 Å². The van der Waals surface area contributed by atoms with Crippen LogP contribution in [0.5, 0.6) is 5.75 Å². The van der Waals surface area contributed by atoms with Crippen molar-refractivity contribution in [2.75, 3.05) is 7.11 Å². The number of carboxylic acid groups (broad SMARTS) is 1. The average Bonchev–Trinajstić information content (AvgIpc) is 2.89. The Hall–Kier alpha value is -2.30. The van der Waals surface area contributed by atoms with Crippen LogP contribution in [0.3, 0.4) is 0 Å². The Morgan fingerprint density at radius 2 is 2.05 bits per heavy atom. The first kappa shape index (κ1) is 16.1. The van der Waals surface area contributed by atoms with Crippen LogP contribution in [0.2, 0.25) is 0 Å². The SMILES string of the molecule is CCc1c(-c2cc(C(C)(C)C)ccc2OC)noc1C(=O)O. The van der Waals surface area contributed by atoms with Gasteiger partial charge in [-0.2, -0.15) is 0 Å². The van der Waals surface area contributed by atoms with Gasteiger partial charge in [0.15, 0.2) is 0 Å². The number of methoxy groups -OCH3 is 1. The molecule has 0 radical (unpaired) electrons. The third kappa shape index (κ3) is 2.84. The number of carboxylic acids is 1. The molecule has 0 spiro atoms. The second kappa shape index (κ2) is 5.83. The van der Waals surface area contributed by atoms with Crippen LogP contribution < -0.4 is 4.74 Å². The fourth-order valence-electron chi connectivity index (χ4n) is 2.38. The van der Waals surface area contributed by atoms with Crippen molar-refractivity contribution >= 4 is 5.97 Å². The van der Waals surface area contributed by atoms with Crippen molar-refractivity contribution in [2.45, 2.75) is 39.5 Å². The van der Waals surface area contributed by atoms with E-state index >= 15 is 0 Å². The lowest BCUT2D eigenvalue weighted by molar-refractivity contribution is 0.0650. The molecule has 0 amide bonds. The Labute approximate surface area is 129 Å². The Balaban J connectivity index is 2.68. The van der Waals surface area contributed by atoms with Gasteiger partial charge in [0.1, 0.15) is 11.4 Å². The van der Waals surface area contributed by atoms with E-state index < -0.39 is 5.97 Å². The molecule has 1 aromatic carbocycles. The average molecular weight is 303 g/mol. The maximum atomic E-state index is 11.2. The highest BCUT2D eigenvalue weighted by Gasteiger charge is 2.24. The van der Waals surface area contributed by atoms with Crippen LogP contribution >= 0.6 is 0 Å². The number of hydrogen-bond donors (Lipinski definition) is 1. The standard InChI is InChI=1S/C17H21NO4/c1-6-11-14(18-22-15(11)16(19)20)12-9-10(17(2,3)4)7-8-13(12)21-5/h7-9H,6H2,1-5H3,(H,19,20). The van der Waals surface area contributed by atoms with Crippen LogP contribution in [0.4, 0.5) is 0 Å². The van der Waals surface area contributed by atoms with Gasteiger partial charge in [-0.25, -0.2) is 4.79 Å². The molecule has 5 heteroatoms. The minimum absolute atomic E-state index is 0.0350. The molecule has 0 unspecified atom stereocenters. The van der Waals surface area contributed by atoms with Crippen molar-refractivity contribution in [3.63, 3.8) is 0 Å². The van der Waals surface area contributed by atoms with E-state index in [0.29, 0.717) is 23.4 Å². The summed E-state index contributed by atoms with van der Waals surface area (Å²) < 4.78 is 10.4. The molecule has 1 heterocycles. The quantitative estimate of drug-likeness (QED) is 0.927. The fraction of sp³-hybridized carbons (Fsp3) is 0.412. The maximum Gasteiger partial charge on any atom is 0.375 e. The van der Waals surface area contributed by atoms with Crippen molar-refractivity contribution in [1.29, 1.82) is 0 Å². The summed E-state index contributed by atoms with van der Waals surface area (Å²) in [7, 11) is 1.58. The molecule has 0 aliphatic heterocycles. The van der Waals surface area contributed by atoms with Crippen LogP contribution in [0, 0.1) is 0 Å². The van der Waals surface area contributed by atoms with Crippen LogP contribution in [0.1, 0.15) is 49.4 Å². The molecule has 0 fully saturated rings. The maximum absolute atomic E-state index is 11.2. The summed E-state index contributed by atoms with van der Waals surface area (Å²) in [6.45, 7) is 8.23. The summed E-state index contributed by atoms with van der Waals surface area (Å²) in [5, 5.41) is 13.2. The lowest BCUT2D eigenvalue weighted by atomic mass is 9.85. The normalized spacial score (nSPS) is 11.5. The van der Waals surface area contributed by atoms with Crippen molar-refractivity contribution in [3.05, 3.63) is 35.1 Å². The molecular weight excluding hydrogens is 282 g/mol. The predicted octanol–water partition coefficient (Wildman–Crippen LogP) is 3.91. The van der Waals surface area contributed by atoms with Gasteiger partial charge in [0.05, 0.1) is 7.11 Å². The molecular formula is C17H21NO4. The predicted molar refractivity (Wildman–Crippen MR) is 83.5 cm³/mol. The summed E-state index contributed by atoms with van der Waals surface area (Å²) in [6.07, 6.45) is 0.517.